The largest absolute Gasteiger partial charge is 0.331 e. The van der Waals surface area contributed by atoms with E-state index in [9.17, 15) is 10.1 Å². The molecule has 0 radical (unpaired) electrons. The van der Waals surface area contributed by atoms with E-state index in [1.807, 2.05) is 60.7 Å². The fourth-order valence-electron chi connectivity index (χ4n) is 2.12. The van der Waals surface area contributed by atoms with Crippen LogP contribution in [0.4, 0.5) is 0 Å². The number of aromatic nitrogens is 2. The lowest BCUT2D eigenvalue weighted by Gasteiger charge is -2.06. The molecule has 0 saturated heterocycles. The Morgan fingerprint density at radius 3 is 2.26 bits per heavy atom. The van der Waals surface area contributed by atoms with Crippen molar-refractivity contribution in [2.24, 2.45) is 0 Å². The van der Waals surface area contributed by atoms with Gasteiger partial charge in [0.25, 0.3) is 5.56 Å². The Morgan fingerprint density at radius 1 is 0.957 bits per heavy atom. The van der Waals surface area contributed by atoms with E-state index < -0.39 is 5.56 Å². The summed E-state index contributed by atoms with van der Waals surface area (Å²) < 4.78 is 0.201. The monoisotopic (exact) mass is 337 g/mol. The summed E-state index contributed by atoms with van der Waals surface area (Å²) in [6, 6.07) is 19.6. The lowest BCUT2D eigenvalue weighted by atomic mass is 10.1. The molecule has 0 fully saturated rings. The lowest BCUT2D eigenvalue weighted by molar-refractivity contribution is 1.08. The third-order valence-electron chi connectivity index (χ3n) is 3.18. The van der Waals surface area contributed by atoms with Crippen LogP contribution in [0.15, 0.2) is 69.2 Å². The first-order chi connectivity index (χ1) is 11.2. The predicted molar refractivity (Wildman–Crippen MR) is 93.0 cm³/mol. The maximum Gasteiger partial charge on any atom is 0.270 e. The van der Waals surface area contributed by atoms with E-state index in [0.717, 1.165) is 15.4 Å². The summed E-state index contributed by atoms with van der Waals surface area (Å²) in [6.45, 7) is 0. The van der Waals surface area contributed by atoms with Gasteiger partial charge >= 0.3 is 0 Å². The minimum atomic E-state index is -0.478. The fourth-order valence-corrected chi connectivity index (χ4v) is 3.16. The van der Waals surface area contributed by atoms with Gasteiger partial charge < -0.3 is 4.98 Å². The van der Waals surface area contributed by atoms with E-state index in [-0.39, 0.29) is 10.3 Å². The second kappa shape index (κ2) is 6.65. The maximum absolute atomic E-state index is 11.8. The molecular weight excluding hydrogens is 326 g/mol. The van der Waals surface area contributed by atoms with Gasteiger partial charge in [-0.2, -0.15) is 5.26 Å². The molecule has 23 heavy (non-hydrogen) atoms. The Morgan fingerprint density at radius 2 is 1.61 bits per heavy atom. The van der Waals surface area contributed by atoms with Crippen molar-refractivity contribution in [2.75, 3.05) is 0 Å². The first kappa shape index (κ1) is 15.3. The van der Waals surface area contributed by atoms with Gasteiger partial charge in [0.15, 0.2) is 4.77 Å². The molecule has 0 aliphatic carbocycles. The SMILES string of the molecule is N#Cc1c(-c2ccc(Sc3ccccc3)cc2)[nH]c(=S)[nH]c1=O. The van der Waals surface area contributed by atoms with Crippen LogP contribution in [0.3, 0.4) is 0 Å². The predicted octanol–water partition coefficient (Wildman–Crippen LogP) is 4.12. The van der Waals surface area contributed by atoms with Crippen molar-refractivity contribution in [3.63, 3.8) is 0 Å². The van der Waals surface area contributed by atoms with Gasteiger partial charge in [-0.25, -0.2) is 0 Å². The number of benzene rings is 2. The summed E-state index contributed by atoms with van der Waals surface area (Å²) in [4.78, 5) is 19.3. The normalized spacial score (nSPS) is 10.2. The van der Waals surface area contributed by atoms with Crippen LogP contribution in [0.1, 0.15) is 5.56 Å². The smallest absolute Gasteiger partial charge is 0.270 e. The van der Waals surface area contributed by atoms with Gasteiger partial charge in [0.05, 0.1) is 5.69 Å². The molecule has 3 aromatic rings. The fraction of sp³-hybridized carbons (Fsp3) is 0. The topological polar surface area (TPSA) is 72.4 Å². The molecule has 1 heterocycles. The van der Waals surface area contributed by atoms with E-state index in [1.165, 1.54) is 0 Å². The van der Waals surface area contributed by atoms with E-state index in [1.54, 1.807) is 11.8 Å². The number of hydrogen-bond acceptors (Lipinski definition) is 4. The number of hydrogen-bond donors (Lipinski definition) is 2. The highest BCUT2D eigenvalue weighted by Gasteiger charge is 2.10. The summed E-state index contributed by atoms with van der Waals surface area (Å²) >= 11 is 6.63. The van der Waals surface area contributed by atoms with Crippen LogP contribution in [0.5, 0.6) is 0 Å². The Hall–Kier alpha value is -2.62. The van der Waals surface area contributed by atoms with Crippen LogP contribution in [-0.4, -0.2) is 9.97 Å². The number of nitrogens with one attached hydrogen (secondary N) is 2. The highest BCUT2D eigenvalue weighted by molar-refractivity contribution is 7.99. The van der Waals surface area contributed by atoms with E-state index in [0.29, 0.717) is 5.69 Å². The quantitative estimate of drug-likeness (QED) is 0.705. The van der Waals surface area contributed by atoms with Crippen molar-refractivity contribution in [2.45, 2.75) is 9.79 Å². The Bertz CT molecular complexity index is 983. The summed E-state index contributed by atoms with van der Waals surface area (Å²) in [5.74, 6) is 0. The molecule has 0 spiro atoms. The van der Waals surface area contributed by atoms with Gasteiger partial charge in [-0.05, 0) is 42.0 Å². The molecule has 0 bridgehead atoms. The molecule has 0 amide bonds. The molecule has 4 nitrogen and oxygen atoms in total. The van der Waals surface area contributed by atoms with E-state index >= 15 is 0 Å². The van der Waals surface area contributed by atoms with Crippen LogP contribution in [0.25, 0.3) is 11.3 Å². The van der Waals surface area contributed by atoms with Gasteiger partial charge in [0.1, 0.15) is 11.6 Å². The van der Waals surface area contributed by atoms with Crippen molar-refractivity contribution in [3.05, 3.63) is 75.3 Å². The first-order valence-electron chi connectivity index (χ1n) is 6.77. The average Bonchev–Trinajstić information content (AvgIpc) is 2.56. The maximum atomic E-state index is 11.8. The zero-order valence-corrected chi connectivity index (χ0v) is 13.5. The molecular formula is C17H11N3OS2. The zero-order valence-electron chi connectivity index (χ0n) is 11.9. The second-order valence-electron chi connectivity index (χ2n) is 4.71. The standard InChI is InChI=1S/C17H11N3OS2/c18-10-14-15(19-17(22)20-16(14)21)11-6-8-13(9-7-11)23-12-4-2-1-3-5-12/h1-9H,(H2,19,20,21,22). The summed E-state index contributed by atoms with van der Waals surface area (Å²) in [5, 5.41) is 9.17. The summed E-state index contributed by atoms with van der Waals surface area (Å²) in [6.07, 6.45) is 0. The number of nitriles is 1. The van der Waals surface area contributed by atoms with Gasteiger partial charge in [-0.1, -0.05) is 42.1 Å². The highest BCUT2D eigenvalue weighted by atomic mass is 32.2. The summed E-state index contributed by atoms with van der Waals surface area (Å²) in [5.41, 5.74) is 0.740. The molecule has 1 aromatic heterocycles. The van der Waals surface area contributed by atoms with E-state index in [4.69, 9.17) is 12.2 Å². The van der Waals surface area contributed by atoms with Crippen molar-refractivity contribution < 1.29 is 0 Å². The van der Waals surface area contributed by atoms with Gasteiger partial charge in [-0.15, -0.1) is 0 Å². The van der Waals surface area contributed by atoms with Crippen molar-refractivity contribution >= 4 is 24.0 Å². The third-order valence-corrected chi connectivity index (χ3v) is 4.40. The van der Waals surface area contributed by atoms with Crippen molar-refractivity contribution in [3.8, 4) is 17.3 Å². The molecule has 0 unspecified atom stereocenters. The van der Waals surface area contributed by atoms with Gasteiger partial charge in [-0.3, -0.25) is 9.78 Å². The third kappa shape index (κ3) is 3.42. The summed E-state index contributed by atoms with van der Waals surface area (Å²) in [7, 11) is 0. The molecule has 2 N–H and O–H groups in total. The molecule has 0 aliphatic heterocycles. The first-order valence-corrected chi connectivity index (χ1v) is 8.00. The Kier molecular flexibility index (Phi) is 4.42. The van der Waals surface area contributed by atoms with E-state index in [2.05, 4.69) is 9.97 Å². The molecule has 0 aliphatic rings. The molecule has 0 saturated carbocycles. The highest BCUT2D eigenvalue weighted by Crippen LogP contribution is 2.29. The van der Waals surface area contributed by atoms with Gasteiger partial charge in [0, 0.05) is 9.79 Å². The van der Waals surface area contributed by atoms with Crippen LogP contribution in [-0.2, 0) is 0 Å². The number of nitrogens with zero attached hydrogens (tertiary/aromatic N) is 1. The number of rotatable bonds is 3. The van der Waals surface area contributed by atoms with Crippen LogP contribution >= 0.6 is 24.0 Å². The lowest BCUT2D eigenvalue weighted by Crippen LogP contribution is -2.13. The molecule has 6 heteroatoms. The molecule has 112 valence electrons. The van der Waals surface area contributed by atoms with Crippen LogP contribution in [0.2, 0.25) is 0 Å². The second-order valence-corrected chi connectivity index (χ2v) is 6.26. The zero-order chi connectivity index (χ0) is 16.2. The average molecular weight is 337 g/mol. The Balaban J connectivity index is 1.96. The number of aromatic amines is 2. The minimum Gasteiger partial charge on any atom is -0.331 e. The Labute approximate surface area is 141 Å². The molecule has 3 rings (SSSR count). The van der Waals surface area contributed by atoms with Crippen molar-refractivity contribution in [1.29, 1.82) is 5.26 Å². The minimum absolute atomic E-state index is 0.0297. The van der Waals surface area contributed by atoms with Crippen molar-refractivity contribution in [1.82, 2.24) is 9.97 Å². The number of H-pyrrole nitrogens is 2. The van der Waals surface area contributed by atoms with Gasteiger partial charge in [0.2, 0.25) is 0 Å². The van der Waals surface area contributed by atoms with Crippen LogP contribution in [0, 0.1) is 16.1 Å². The molecule has 0 atom stereocenters. The molecule has 2 aromatic carbocycles. The van der Waals surface area contributed by atoms with Crippen LogP contribution < -0.4 is 5.56 Å².